The predicted octanol–water partition coefficient (Wildman–Crippen LogP) is 3.41. The van der Waals surface area contributed by atoms with Crippen molar-refractivity contribution < 1.29 is 14.2 Å². The van der Waals surface area contributed by atoms with Crippen molar-refractivity contribution in [1.82, 2.24) is 0 Å². The number of hydrogen-bond donors (Lipinski definition) is 0. The SMILES string of the molecule is CCC[Si](C)(C=CCOCCOCC1CO1)CCC. The van der Waals surface area contributed by atoms with Gasteiger partial charge in [0.2, 0.25) is 0 Å². The summed E-state index contributed by atoms with van der Waals surface area (Å²) in [6.07, 6.45) is 5.17. The second-order valence-electron chi connectivity index (χ2n) is 5.66. The molecule has 1 heterocycles. The van der Waals surface area contributed by atoms with Crippen molar-refractivity contribution in [3.8, 4) is 0 Å². The fourth-order valence-corrected chi connectivity index (χ4v) is 5.95. The highest BCUT2D eigenvalue weighted by Crippen LogP contribution is 2.20. The van der Waals surface area contributed by atoms with E-state index in [4.69, 9.17) is 14.2 Å². The molecule has 1 atom stereocenters. The molecule has 0 aromatic carbocycles. The molecule has 19 heavy (non-hydrogen) atoms. The molecule has 1 saturated heterocycles. The molecule has 3 nitrogen and oxygen atoms in total. The molecule has 0 aliphatic carbocycles. The average molecular weight is 286 g/mol. The molecule has 0 spiro atoms. The summed E-state index contributed by atoms with van der Waals surface area (Å²) in [5.41, 5.74) is 2.47. The Balaban J connectivity index is 2.02. The van der Waals surface area contributed by atoms with E-state index in [2.05, 4.69) is 32.2 Å². The van der Waals surface area contributed by atoms with Crippen LogP contribution in [0.2, 0.25) is 18.6 Å². The van der Waals surface area contributed by atoms with E-state index in [1.54, 1.807) is 0 Å². The molecule has 1 fully saturated rings. The predicted molar refractivity (Wildman–Crippen MR) is 82.3 cm³/mol. The Morgan fingerprint density at radius 1 is 1.16 bits per heavy atom. The lowest BCUT2D eigenvalue weighted by Gasteiger charge is -2.22. The van der Waals surface area contributed by atoms with E-state index in [0.717, 1.165) is 19.8 Å². The summed E-state index contributed by atoms with van der Waals surface area (Å²) in [6.45, 7) is 10.7. The minimum atomic E-state index is -1.14. The summed E-state index contributed by atoms with van der Waals surface area (Å²) in [7, 11) is -1.14. The summed E-state index contributed by atoms with van der Waals surface area (Å²) in [6, 6.07) is 2.78. The first-order valence-corrected chi connectivity index (χ1v) is 10.6. The van der Waals surface area contributed by atoms with Crippen LogP contribution in [-0.4, -0.2) is 47.2 Å². The third-order valence-electron chi connectivity index (χ3n) is 3.45. The van der Waals surface area contributed by atoms with Gasteiger partial charge in [-0.1, -0.05) is 57.1 Å². The molecule has 1 rings (SSSR count). The number of hydrogen-bond acceptors (Lipinski definition) is 3. The maximum Gasteiger partial charge on any atom is 0.104 e. The van der Waals surface area contributed by atoms with Crippen molar-refractivity contribution >= 4 is 8.07 Å². The molecule has 0 saturated carbocycles. The largest absolute Gasteiger partial charge is 0.376 e. The molecule has 0 bridgehead atoms. The molecule has 0 radical (unpaired) electrons. The summed E-state index contributed by atoms with van der Waals surface area (Å²) in [5.74, 6) is 0. The standard InChI is InChI=1S/C15H30O3Si/c1-4-10-19(3,11-5-2)12-6-7-16-8-9-17-13-15-14-18-15/h6,12,15H,4-5,7-11,13-14H2,1-3H3. The van der Waals surface area contributed by atoms with Crippen LogP contribution in [0.15, 0.2) is 11.8 Å². The highest BCUT2D eigenvalue weighted by molar-refractivity contribution is 6.83. The quantitative estimate of drug-likeness (QED) is 0.313. The summed E-state index contributed by atoms with van der Waals surface area (Å²) < 4.78 is 16.0. The van der Waals surface area contributed by atoms with E-state index in [-0.39, 0.29) is 0 Å². The fourth-order valence-electron chi connectivity index (χ4n) is 2.41. The van der Waals surface area contributed by atoms with Gasteiger partial charge in [0, 0.05) is 0 Å². The second kappa shape index (κ2) is 9.70. The third kappa shape index (κ3) is 8.58. The van der Waals surface area contributed by atoms with Crippen LogP contribution in [0.5, 0.6) is 0 Å². The highest BCUT2D eigenvalue weighted by atomic mass is 28.3. The molecule has 112 valence electrons. The van der Waals surface area contributed by atoms with Gasteiger partial charge < -0.3 is 14.2 Å². The Kier molecular flexibility index (Phi) is 8.62. The zero-order valence-corrected chi connectivity index (χ0v) is 13.8. The smallest absolute Gasteiger partial charge is 0.104 e. The van der Waals surface area contributed by atoms with Crippen molar-refractivity contribution in [2.75, 3.05) is 33.0 Å². The molecule has 0 amide bonds. The minimum absolute atomic E-state index is 0.356. The van der Waals surface area contributed by atoms with Gasteiger partial charge in [0.25, 0.3) is 0 Å². The van der Waals surface area contributed by atoms with E-state index in [1.807, 2.05) is 0 Å². The zero-order valence-electron chi connectivity index (χ0n) is 12.8. The average Bonchev–Trinajstić information content (AvgIpc) is 3.17. The molecule has 1 unspecified atom stereocenters. The Labute approximate surface area is 119 Å². The highest BCUT2D eigenvalue weighted by Gasteiger charge is 2.22. The van der Waals surface area contributed by atoms with Crippen LogP contribution in [0.1, 0.15) is 26.7 Å². The van der Waals surface area contributed by atoms with Gasteiger partial charge >= 0.3 is 0 Å². The van der Waals surface area contributed by atoms with Crippen molar-refractivity contribution in [3.63, 3.8) is 0 Å². The lowest BCUT2D eigenvalue weighted by Crippen LogP contribution is -2.26. The summed E-state index contributed by atoms with van der Waals surface area (Å²) >= 11 is 0. The van der Waals surface area contributed by atoms with Crippen LogP contribution in [-0.2, 0) is 14.2 Å². The molecular formula is C15H30O3Si. The van der Waals surface area contributed by atoms with Gasteiger partial charge in [-0.25, -0.2) is 0 Å². The van der Waals surface area contributed by atoms with Crippen LogP contribution in [0.4, 0.5) is 0 Å². The van der Waals surface area contributed by atoms with Crippen LogP contribution in [0, 0.1) is 0 Å². The van der Waals surface area contributed by atoms with Gasteiger partial charge in [-0.3, -0.25) is 0 Å². The zero-order chi connectivity index (χ0) is 14.0. The Morgan fingerprint density at radius 3 is 2.37 bits per heavy atom. The van der Waals surface area contributed by atoms with Crippen LogP contribution in [0.3, 0.4) is 0 Å². The Bertz CT molecular complexity index is 246. The topological polar surface area (TPSA) is 31.0 Å². The molecule has 1 aliphatic rings. The normalized spacial score (nSPS) is 19.2. The number of rotatable bonds is 12. The van der Waals surface area contributed by atoms with Crippen LogP contribution < -0.4 is 0 Å². The third-order valence-corrected chi connectivity index (χ3v) is 7.78. The van der Waals surface area contributed by atoms with Gasteiger partial charge in [-0.05, 0) is 0 Å². The Hall–Kier alpha value is -0.163. The van der Waals surface area contributed by atoms with Crippen LogP contribution >= 0.6 is 0 Å². The van der Waals surface area contributed by atoms with Crippen molar-refractivity contribution in [2.45, 2.75) is 51.4 Å². The lowest BCUT2D eigenvalue weighted by atomic mass is 10.5. The van der Waals surface area contributed by atoms with Gasteiger partial charge in [0.1, 0.15) is 6.10 Å². The summed E-state index contributed by atoms with van der Waals surface area (Å²) in [4.78, 5) is 0. The maximum atomic E-state index is 5.56. The van der Waals surface area contributed by atoms with Crippen LogP contribution in [0.25, 0.3) is 0 Å². The van der Waals surface area contributed by atoms with Crippen molar-refractivity contribution in [3.05, 3.63) is 11.8 Å². The monoisotopic (exact) mass is 286 g/mol. The molecule has 4 heteroatoms. The molecule has 0 aromatic rings. The second-order valence-corrected chi connectivity index (χ2v) is 10.3. The van der Waals surface area contributed by atoms with Gasteiger partial charge in [0.05, 0.1) is 41.1 Å². The van der Waals surface area contributed by atoms with Gasteiger partial charge in [0.15, 0.2) is 0 Å². The summed E-state index contributed by atoms with van der Waals surface area (Å²) in [5, 5.41) is 0. The van der Waals surface area contributed by atoms with E-state index in [0.29, 0.717) is 19.3 Å². The first-order chi connectivity index (χ1) is 9.20. The first kappa shape index (κ1) is 16.9. The minimum Gasteiger partial charge on any atom is -0.376 e. The molecule has 0 N–H and O–H groups in total. The molecule has 0 aromatic heterocycles. The van der Waals surface area contributed by atoms with E-state index in [9.17, 15) is 0 Å². The van der Waals surface area contributed by atoms with Gasteiger partial charge in [-0.15, -0.1) is 0 Å². The fraction of sp³-hybridized carbons (Fsp3) is 0.867. The van der Waals surface area contributed by atoms with E-state index < -0.39 is 8.07 Å². The molecule has 1 aliphatic heterocycles. The van der Waals surface area contributed by atoms with Crippen molar-refractivity contribution in [2.24, 2.45) is 0 Å². The van der Waals surface area contributed by atoms with Gasteiger partial charge in [-0.2, -0.15) is 0 Å². The number of ether oxygens (including phenoxy) is 3. The lowest BCUT2D eigenvalue weighted by molar-refractivity contribution is 0.0514. The Morgan fingerprint density at radius 2 is 1.79 bits per heavy atom. The van der Waals surface area contributed by atoms with Crippen molar-refractivity contribution in [1.29, 1.82) is 0 Å². The van der Waals surface area contributed by atoms with E-state index >= 15 is 0 Å². The molecular weight excluding hydrogens is 256 g/mol. The number of epoxide rings is 1. The first-order valence-electron chi connectivity index (χ1n) is 7.65. The van der Waals surface area contributed by atoms with E-state index in [1.165, 1.54) is 24.9 Å². The maximum absolute atomic E-state index is 5.56.